The van der Waals surface area contributed by atoms with E-state index >= 15 is 0 Å². The van der Waals surface area contributed by atoms with Gasteiger partial charge in [0.1, 0.15) is 0 Å². The Morgan fingerprint density at radius 2 is 0.914 bits per heavy atom. The minimum absolute atomic E-state index is 0.319. The van der Waals surface area contributed by atoms with Gasteiger partial charge >= 0.3 is 0 Å². The van der Waals surface area contributed by atoms with Crippen molar-refractivity contribution < 1.29 is 19.2 Å². The Kier molecular flexibility index (Phi) is 13.0. The van der Waals surface area contributed by atoms with E-state index in [1.54, 1.807) is 12.2 Å². The number of carbonyl (C=O) groups excluding carboxylic acids is 4. The third-order valence-corrected chi connectivity index (χ3v) is 5.80. The Bertz CT molecular complexity index is 1140. The highest BCUT2D eigenvalue weighted by molar-refractivity contribution is 5.46. The van der Waals surface area contributed by atoms with Crippen LogP contribution in [0.3, 0.4) is 0 Å². The van der Waals surface area contributed by atoms with Gasteiger partial charge in [-0.05, 0) is 97.5 Å². The van der Waals surface area contributed by atoms with Crippen LogP contribution in [-0.2, 0) is 45.1 Å². The zero-order chi connectivity index (χ0) is 26.2. The van der Waals surface area contributed by atoms with Crippen molar-refractivity contribution in [3.63, 3.8) is 0 Å². The highest BCUT2D eigenvalue weighted by atomic mass is 16.1. The molecule has 2 aromatic rings. The Hall–Kier alpha value is -4.04. The van der Waals surface area contributed by atoms with Gasteiger partial charge in [-0.1, -0.05) is 18.2 Å². The fraction of sp³-hybridized carbons (Fsp3) is 0.407. The molecule has 0 fully saturated rings. The summed E-state index contributed by atoms with van der Waals surface area (Å²) in [6.07, 6.45) is 7.61. The number of isocyanates is 4. The molecule has 8 heteroatoms. The molecule has 0 aliphatic rings. The first-order chi connectivity index (χ1) is 16.8. The highest BCUT2D eigenvalue weighted by Crippen LogP contribution is 2.23. The van der Waals surface area contributed by atoms with Crippen LogP contribution < -0.4 is 0 Å². The second kappa shape index (κ2) is 15.7. The van der Waals surface area contributed by atoms with E-state index in [0.717, 1.165) is 40.7 Å². The molecule has 0 unspecified atom stereocenters. The third kappa shape index (κ3) is 9.38. The van der Waals surface area contributed by atoms with E-state index in [-0.39, 0.29) is 0 Å². The van der Waals surface area contributed by atoms with Gasteiger partial charge in [0.25, 0.3) is 0 Å². The Morgan fingerprint density at radius 1 is 0.543 bits per heavy atom. The van der Waals surface area contributed by atoms with Crippen LogP contribution in [0.4, 0.5) is 0 Å². The third-order valence-electron chi connectivity index (χ3n) is 5.80. The van der Waals surface area contributed by atoms with Crippen LogP contribution in [0, 0.1) is 34.6 Å². The summed E-state index contributed by atoms with van der Waals surface area (Å²) in [5, 5.41) is 0. The summed E-state index contributed by atoms with van der Waals surface area (Å²) in [5.74, 6) is 0. The van der Waals surface area contributed by atoms with Gasteiger partial charge in [-0.15, -0.1) is 0 Å². The minimum Gasteiger partial charge on any atom is -0.211 e. The zero-order valence-corrected chi connectivity index (χ0v) is 20.9. The molecule has 0 N–H and O–H groups in total. The summed E-state index contributed by atoms with van der Waals surface area (Å²) in [7, 11) is 0. The van der Waals surface area contributed by atoms with Crippen LogP contribution in [0.5, 0.6) is 0 Å². The van der Waals surface area contributed by atoms with Crippen molar-refractivity contribution in [3.05, 3.63) is 68.3 Å². The van der Waals surface area contributed by atoms with E-state index in [1.165, 1.54) is 34.4 Å². The van der Waals surface area contributed by atoms with Crippen molar-refractivity contribution in [3.8, 4) is 0 Å². The van der Waals surface area contributed by atoms with E-state index in [0.29, 0.717) is 26.2 Å². The lowest BCUT2D eigenvalue weighted by Crippen LogP contribution is -2.01. The molecule has 35 heavy (non-hydrogen) atoms. The van der Waals surface area contributed by atoms with Crippen LogP contribution in [0.15, 0.2) is 38.2 Å². The van der Waals surface area contributed by atoms with Crippen molar-refractivity contribution in [2.45, 2.75) is 60.5 Å². The number of rotatable bonds is 10. The normalized spacial score (nSPS) is 9.40. The molecule has 0 heterocycles. The SMILES string of the molecule is Cc1cc(C)c(CCN=C=O)cc1CCN=C=O.Cc1cc(C)c(CN=C=O)c(C)c1CN=C=O. The van der Waals surface area contributed by atoms with E-state index in [2.05, 4.69) is 32.1 Å². The number of hydrogen-bond acceptors (Lipinski definition) is 8. The largest absolute Gasteiger partial charge is 0.235 e. The number of hydrogen-bond donors (Lipinski definition) is 0. The lowest BCUT2D eigenvalue weighted by Gasteiger charge is -2.14. The van der Waals surface area contributed by atoms with E-state index < -0.39 is 0 Å². The van der Waals surface area contributed by atoms with E-state index in [1.807, 2.05) is 40.7 Å². The van der Waals surface area contributed by atoms with Crippen molar-refractivity contribution in [1.82, 2.24) is 0 Å². The maximum atomic E-state index is 10.2. The average Bonchev–Trinajstić information content (AvgIpc) is 2.82. The molecular weight excluding hydrogens is 444 g/mol. The molecule has 0 aliphatic heterocycles. The molecule has 0 radical (unpaired) electrons. The van der Waals surface area contributed by atoms with Crippen LogP contribution in [-0.4, -0.2) is 37.4 Å². The van der Waals surface area contributed by atoms with Gasteiger partial charge in [0.05, 0.1) is 26.2 Å². The fourth-order valence-electron chi connectivity index (χ4n) is 3.91. The number of benzene rings is 2. The van der Waals surface area contributed by atoms with Crippen LogP contribution >= 0.6 is 0 Å². The summed E-state index contributed by atoms with van der Waals surface area (Å²) in [6.45, 7) is 11.5. The van der Waals surface area contributed by atoms with Gasteiger partial charge < -0.3 is 0 Å². The van der Waals surface area contributed by atoms with Gasteiger partial charge in [0, 0.05) is 0 Å². The van der Waals surface area contributed by atoms with E-state index in [4.69, 9.17) is 0 Å². The summed E-state index contributed by atoms with van der Waals surface area (Å²) in [4.78, 5) is 54.7. The number of aryl methyl sites for hydroxylation is 4. The molecule has 2 aromatic carbocycles. The quantitative estimate of drug-likeness (QED) is 0.376. The molecule has 182 valence electrons. The highest BCUT2D eigenvalue weighted by Gasteiger charge is 2.10. The number of aliphatic imine (C=N–C) groups is 4. The maximum Gasteiger partial charge on any atom is 0.235 e. The molecule has 0 spiro atoms. The Balaban J connectivity index is 0.000000351. The smallest absolute Gasteiger partial charge is 0.211 e. The molecule has 0 saturated carbocycles. The van der Waals surface area contributed by atoms with Crippen molar-refractivity contribution >= 4 is 24.3 Å². The van der Waals surface area contributed by atoms with Crippen molar-refractivity contribution in [1.29, 1.82) is 0 Å². The monoisotopic (exact) mass is 474 g/mol. The molecule has 8 nitrogen and oxygen atoms in total. The van der Waals surface area contributed by atoms with Gasteiger partial charge in [-0.25, -0.2) is 39.1 Å². The first-order valence-electron chi connectivity index (χ1n) is 11.1. The molecule has 0 atom stereocenters. The van der Waals surface area contributed by atoms with Crippen LogP contribution in [0.2, 0.25) is 0 Å². The molecule has 0 saturated heterocycles. The van der Waals surface area contributed by atoms with Crippen molar-refractivity contribution in [2.24, 2.45) is 20.0 Å². The maximum absolute atomic E-state index is 10.2. The fourth-order valence-corrected chi connectivity index (χ4v) is 3.91. The summed E-state index contributed by atoms with van der Waals surface area (Å²) in [6, 6.07) is 6.23. The average molecular weight is 475 g/mol. The lowest BCUT2D eigenvalue weighted by molar-refractivity contribution is 0.562. The molecule has 2 rings (SSSR count). The second-order valence-corrected chi connectivity index (χ2v) is 8.06. The molecule has 0 bridgehead atoms. The zero-order valence-electron chi connectivity index (χ0n) is 20.9. The van der Waals surface area contributed by atoms with Crippen LogP contribution in [0.25, 0.3) is 0 Å². The molecular formula is C27H30N4O4. The summed E-state index contributed by atoms with van der Waals surface area (Å²) >= 11 is 0. The number of nitrogens with zero attached hydrogens (tertiary/aromatic N) is 4. The Labute approximate surface area is 205 Å². The van der Waals surface area contributed by atoms with Gasteiger partial charge in [-0.2, -0.15) is 0 Å². The summed E-state index contributed by atoms with van der Waals surface area (Å²) in [5.41, 5.74) is 9.91. The summed E-state index contributed by atoms with van der Waals surface area (Å²) < 4.78 is 0. The molecule has 0 amide bonds. The molecule has 0 aliphatic carbocycles. The van der Waals surface area contributed by atoms with E-state index in [9.17, 15) is 19.2 Å². The minimum atomic E-state index is 0.319. The molecule has 0 aromatic heterocycles. The van der Waals surface area contributed by atoms with Crippen LogP contribution in [0.1, 0.15) is 50.1 Å². The lowest BCUT2D eigenvalue weighted by atomic mass is 9.93. The topological polar surface area (TPSA) is 118 Å². The first kappa shape index (κ1) is 29.0. The van der Waals surface area contributed by atoms with Gasteiger partial charge in [-0.3, -0.25) is 0 Å². The van der Waals surface area contributed by atoms with Gasteiger partial charge in [0.15, 0.2) is 0 Å². The predicted molar refractivity (Wildman–Crippen MR) is 134 cm³/mol. The van der Waals surface area contributed by atoms with Crippen molar-refractivity contribution in [2.75, 3.05) is 13.1 Å². The second-order valence-electron chi connectivity index (χ2n) is 8.06. The Morgan fingerprint density at radius 3 is 1.29 bits per heavy atom. The first-order valence-corrected chi connectivity index (χ1v) is 11.1. The predicted octanol–water partition coefficient (Wildman–Crippen LogP) is 4.34. The standard InChI is InChI=1S/C14H16N2O2.C13H14N2O2/c1-11-7-12(2)14(4-6-16-10-18)8-13(11)3-5-15-9-17;1-9-4-10(2)13(6-15-8-17)11(3)12(9)5-14-7-16/h7-8H,3-6H2,1-2H3;4H,5-6H2,1-3H3. The van der Waals surface area contributed by atoms with Gasteiger partial charge in [0.2, 0.25) is 24.3 Å².